The van der Waals surface area contributed by atoms with E-state index in [2.05, 4.69) is 0 Å². The van der Waals surface area contributed by atoms with E-state index in [1.807, 2.05) is 0 Å². The Morgan fingerprint density at radius 3 is 1.75 bits per heavy atom. The molecule has 0 saturated heterocycles. The quantitative estimate of drug-likeness (QED) is 0.310. The van der Waals surface area contributed by atoms with Gasteiger partial charge in [0.2, 0.25) is 5.91 Å². The first-order valence-electron chi connectivity index (χ1n) is 11.5. The molecule has 3 nitrogen and oxygen atoms in total. The molecule has 182 valence electrons. The van der Waals surface area contributed by atoms with Crippen LogP contribution in [0.4, 0.5) is 18.9 Å². The highest BCUT2D eigenvalue weighted by Crippen LogP contribution is 2.59. The first-order chi connectivity index (χ1) is 17.2. The Bertz CT molecular complexity index is 1400. The summed E-state index contributed by atoms with van der Waals surface area (Å²) in [6, 6.07) is 29.9. The first kappa shape index (κ1) is 24.1. The lowest BCUT2D eigenvalue weighted by atomic mass is 9.83. The van der Waals surface area contributed by atoms with E-state index in [4.69, 9.17) is 0 Å². The summed E-state index contributed by atoms with van der Waals surface area (Å²) in [6.45, 7) is 0. The highest BCUT2D eigenvalue weighted by atomic mass is 31.2. The van der Waals surface area contributed by atoms with Crippen LogP contribution in [0.2, 0.25) is 0 Å². The lowest BCUT2D eigenvalue weighted by Gasteiger charge is -2.42. The van der Waals surface area contributed by atoms with Gasteiger partial charge in [0.05, 0.1) is 5.56 Å². The molecular formula is C29H23F3NO2P. The largest absolute Gasteiger partial charge is 0.416 e. The smallest absolute Gasteiger partial charge is 0.315 e. The van der Waals surface area contributed by atoms with Crippen molar-refractivity contribution >= 4 is 29.3 Å². The number of carbonyl (C=O) groups is 1. The number of fused-ring (bicyclic) bond motifs is 1. The minimum Gasteiger partial charge on any atom is -0.315 e. The van der Waals surface area contributed by atoms with Gasteiger partial charge in [-0.1, -0.05) is 91.0 Å². The summed E-state index contributed by atoms with van der Waals surface area (Å²) in [4.78, 5) is 15.4. The molecule has 4 aromatic rings. The van der Waals surface area contributed by atoms with Gasteiger partial charge < -0.3 is 9.46 Å². The van der Waals surface area contributed by atoms with Crippen molar-refractivity contribution in [3.05, 3.63) is 126 Å². The molecule has 2 atom stereocenters. The molecule has 0 aliphatic carbocycles. The maximum Gasteiger partial charge on any atom is 0.416 e. The number of alkyl halides is 3. The van der Waals surface area contributed by atoms with Crippen molar-refractivity contribution in [2.75, 3.05) is 11.9 Å². The fraction of sp³-hybridized carbons (Fsp3) is 0.138. The second-order valence-corrected chi connectivity index (χ2v) is 11.7. The van der Waals surface area contributed by atoms with E-state index in [0.29, 0.717) is 27.4 Å². The summed E-state index contributed by atoms with van der Waals surface area (Å²) in [6.07, 6.45) is -4.56. The first-order valence-corrected chi connectivity index (χ1v) is 13.2. The summed E-state index contributed by atoms with van der Waals surface area (Å²) in [7, 11) is -2.17. The number of anilines is 1. The number of halogens is 3. The summed E-state index contributed by atoms with van der Waals surface area (Å²) in [5.74, 6) is -1.24. The van der Waals surface area contributed by atoms with Gasteiger partial charge in [-0.25, -0.2) is 0 Å². The number of benzene rings is 4. The zero-order chi connectivity index (χ0) is 25.5. The normalized spacial score (nSPS) is 18.1. The van der Waals surface area contributed by atoms with Crippen molar-refractivity contribution in [3.63, 3.8) is 0 Å². The summed E-state index contributed by atoms with van der Waals surface area (Å²) >= 11 is 0. The second kappa shape index (κ2) is 9.11. The zero-order valence-corrected chi connectivity index (χ0v) is 20.3. The average Bonchev–Trinajstić information content (AvgIpc) is 2.91. The van der Waals surface area contributed by atoms with Crippen molar-refractivity contribution in [1.82, 2.24) is 0 Å². The molecule has 0 radical (unpaired) electrons. The van der Waals surface area contributed by atoms with E-state index in [9.17, 15) is 18.0 Å². The number of carbonyl (C=O) groups excluding carboxylic acids is 1. The second-order valence-electron chi connectivity index (χ2n) is 8.83. The Hall–Kier alpha value is -3.63. The standard InChI is InChI=1S/C29H23F3NO2P/c1-33-25-18-17-21(29(30,31)32)19-24(25)26(20-11-5-2-6-12-20)27(28(33)34)36(35,22-13-7-3-8-14-22)23-15-9-4-10-16-23/h2-19,26-27H,1H3/t26-,27+/m1/s1. The SMILES string of the molecule is CN1C(=O)[C@@H](P(=O)(c2ccccc2)c2ccccc2)[C@H](c2ccccc2)c2cc(C(F)(F)F)ccc21. The van der Waals surface area contributed by atoms with Crippen LogP contribution in [-0.2, 0) is 15.5 Å². The van der Waals surface area contributed by atoms with Gasteiger partial charge in [-0.2, -0.15) is 13.2 Å². The van der Waals surface area contributed by atoms with E-state index in [-0.39, 0.29) is 0 Å². The van der Waals surface area contributed by atoms with Crippen molar-refractivity contribution < 1.29 is 22.5 Å². The van der Waals surface area contributed by atoms with Gasteiger partial charge in [-0.15, -0.1) is 0 Å². The topological polar surface area (TPSA) is 37.4 Å². The third kappa shape index (κ3) is 3.96. The lowest BCUT2D eigenvalue weighted by Crippen LogP contribution is -2.48. The highest BCUT2D eigenvalue weighted by molar-refractivity contribution is 7.80. The van der Waals surface area contributed by atoms with Crippen LogP contribution in [0.1, 0.15) is 22.6 Å². The molecule has 0 N–H and O–H groups in total. The van der Waals surface area contributed by atoms with Crippen LogP contribution in [-0.4, -0.2) is 18.6 Å². The Balaban J connectivity index is 1.85. The van der Waals surface area contributed by atoms with Gasteiger partial charge in [-0.3, -0.25) is 4.79 Å². The number of rotatable bonds is 4. The Morgan fingerprint density at radius 2 is 1.25 bits per heavy atom. The molecule has 5 rings (SSSR count). The van der Waals surface area contributed by atoms with Crippen LogP contribution in [0.3, 0.4) is 0 Å². The van der Waals surface area contributed by atoms with E-state index >= 15 is 4.57 Å². The summed E-state index contributed by atoms with van der Waals surface area (Å²) in [5.41, 5.74) is -0.596. The minimum atomic E-state index is -4.56. The van der Waals surface area contributed by atoms with E-state index < -0.39 is 36.4 Å². The minimum absolute atomic E-state index is 0.329. The van der Waals surface area contributed by atoms with Crippen LogP contribution in [0, 0.1) is 0 Å². The predicted octanol–water partition coefficient (Wildman–Crippen LogP) is 6.20. The fourth-order valence-corrected chi connectivity index (χ4v) is 8.48. The number of hydrogen-bond donors (Lipinski definition) is 0. The van der Waals surface area contributed by atoms with Crippen molar-refractivity contribution in [2.24, 2.45) is 0 Å². The number of hydrogen-bond acceptors (Lipinski definition) is 2. The Kier molecular flexibility index (Phi) is 6.09. The number of nitrogens with zero attached hydrogens (tertiary/aromatic N) is 1. The molecule has 0 bridgehead atoms. The van der Waals surface area contributed by atoms with Crippen LogP contribution in [0.25, 0.3) is 0 Å². The molecule has 7 heteroatoms. The van der Waals surface area contributed by atoms with Crippen LogP contribution >= 0.6 is 7.14 Å². The maximum absolute atomic E-state index is 15.3. The molecule has 0 fully saturated rings. The van der Waals surface area contributed by atoms with Gasteiger partial charge in [0.1, 0.15) is 5.66 Å². The molecular weight excluding hydrogens is 482 g/mol. The Labute approximate surface area is 207 Å². The van der Waals surface area contributed by atoms with E-state index in [1.54, 1.807) is 91.0 Å². The Morgan fingerprint density at radius 1 is 0.750 bits per heavy atom. The molecule has 1 amide bonds. The maximum atomic E-state index is 15.3. The molecule has 1 aliphatic rings. The lowest BCUT2D eigenvalue weighted by molar-refractivity contribution is -0.137. The molecule has 1 aliphatic heterocycles. The van der Waals surface area contributed by atoms with E-state index in [1.165, 1.54) is 18.0 Å². The van der Waals surface area contributed by atoms with Crippen LogP contribution in [0.15, 0.2) is 109 Å². The zero-order valence-electron chi connectivity index (χ0n) is 19.4. The van der Waals surface area contributed by atoms with Gasteiger partial charge in [-0.05, 0) is 29.3 Å². The molecule has 0 unspecified atom stereocenters. The van der Waals surface area contributed by atoms with E-state index in [0.717, 1.165) is 12.1 Å². The fourth-order valence-electron chi connectivity index (χ4n) is 5.07. The molecule has 1 heterocycles. The molecule has 4 aromatic carbocycles. The third-order valence-electron chi connectivity index (χ3n) is 6.78. The van der Waals surface area contributed by atoms with Crippen molar-refractivity contribution in [3.8, 4) is 0 Å². The van der Waals surface area contributed by atoms with Crippen molar-refractivity contribution in [1.29, 1.82) is 0 Å². The molecule has 0 spiro atoms. The van der Waals surface area contributed by atoms with Crippen LogP contribution < -0.4 is 15.5 Å². The molecule has 0 aromatic heterocycles. The molecule has 0 saturated carbocycles. The van der Waals surface area contributed by atoms with Crippen molar-refractivity contribution in [2.45, 2.75) is 17.8 Å². The number of amides is 1. The van der Waals surface area contributed by atoms with Gasteiger partial charge in [0.15, 0.2) is 7.14 Å². The monoisotopic (exact) mass is 505 g/mol. The molecule has 36 heavy (non-hydrogen) atoms. The summed E-state index contributed by atoms with van der Waals surface area (Å²) < 4.78 is 56.7. The van der Waals surface area contributed by atoms with Gasteiger partial charge >= 0.3 is 6.18 Å². The third-order valence-corrected chi connectivity index (χ3v) is 10.2. The summed E-state index contributed by atoms with van der Waals surface area (Å²) in [5, 5.41) is 0.971. The predicted molar refractivity (Wildman–Crippen MR) is 137 cm³/mol. The highest BCUT2D eigenvalue weighted by Gasteiger charge is 2.52. The average molecular weight is 505 g/mol. The van der Waals surface area contributed by atoms with Gasteiger partial charge in [0, 0.05) is 29.3 Å². The van der Waals surface area contributed by atoms with Gasteiger partial charge in [0.25, 0.3) is 0 Å². The van der Waals surface area contributed by atoms with Crippen LogP contribution in [0.5, 0.6) is 0 Å².